The second-order valence-electron chi connectivity index (χ2n) is 6.65. The Kier molecular flexibility index (Phi) is 4.45. The highest BCUT2D eigenvalue weighted by Gasteiger charge is 2.16. The van der Waals surface area contributed by atoms with Crippen molar-refractivity contribution in [1.29, 1.82) is 0 Å². The topological polar surface area (TPSA) is 94.2 Å². The van der Waals surface area contributed by atoms with E-state index in [0.717, 1.165) is 4.68 Å². The van der Waals surface area contributed by atoms with Gasteiger partial charge in [-0.05, 0) is 35.9 Å². The first kappa shape index (κ1) is 18.9. The predicted octanol–water partition coefficient (Wildman–Crippen LogP) is 3.28. The minimum atomic E-state index is -0.578. The Morgan fingerprint density at radius 2 is 1.81 bits per heavy atom. The zero-order valence-electron chi connectivity index (χ0n) is 15.7. The van der Waals surface area contributed by atoms with Crippen LogP contribution in [0.3, 0.4) is 0 Å². The van der Waals surface area contributed by atoms with E-state index >= 15 is 0 Å². The number of rotatable bonds is 3. The Hall–Kier alpha value is -4.11. The van der Waals surface area contributed by atoms with Crippen LogP contribution in [0.15, 0.2) is 71.8 Å². The van der Waals surface area contributed by atoms with Gasteiger partial charge in [0.15, 0.2) is 11.2 Å². The molecule has 0 unspecified atom stereocenters. The quantitative estimate of drug-likeness (QED) is 0.470. The number of halogens is 2. The summed E-state index contributed by atoms with van der Waals surface area (Å²) in [6, 6.07) is 14.0. The van der Waals surface area contributed by atoms with Crippen LogP contribution in [0.2, 0.25) is 5.02 Å². The number of carbonyl (C=O) groups is 1. The number of hydrogen-bond donors (Lipinski definition) is 1. The first-order valence-electron chi connectivity index (χ1n) is 9.10. The van der Waals surface area contributed by atoms with Crippen LogP contribution in [0.5, 0.6) is 0 Å². The van der Waals surface area contributed by atoms with Gasteiger partial charge in [0.1, 0.15) is 11.3 Å². The maximum atomic E-state index is 13.2. The lowest BCUT2D eigenvalue weighted by atomic mass is 10.1. The predicted molar refractivity (Wildman–Crippen MR) is 113 cm³/mol. The number of hydrogen-bond acceptors (Lipinski definition) is 5. The van der Waals surface area contributed by atoms with Gasteiger partial charge in [-0.25, -0.2) is 13.6 Å². The van der Waals surface area contributed by atoms with Crippen LogP contribution in [0, 0.1) is 5.82 Å². The van der Waals surface area contributed by atoms with Gasteiger partial charge in [0.05, 0.1) is 16.8 Å². The molecule has 0 saturated heterocycles. The summed E-state index contributed by atoms with van der Waals surface area (Å²) in [5, 5.41) is 12.7. The second kappa shape index (κ2) is 7.29. The van der Waals surface area contributed by atoms with Gasteiger partial charge in [-0.1, -0.05) is 35.9 Å². The minimum Gasteiger partial charge on any atom is -0.267 e. The molecule has 0 bridgehead atoms. The number of amides is 1. The Morgan fingerprint density at radius 3 is 2.58 bits per heavy atom. The van der Waals surface area contributed by atoms with E-state index in [-0.39, 0.29) is 21.9 Å². The summed E-state index contributed by atoms with van der Waals surface area (Å²) in [4.78, 5) is 25.4. The molecule has 0 atom stereocenters. The van der Waals surface area contributed by atoms with Crippen molar-refractivity contribution in [2.45, 2.75) is 0 Å². The summed E-state index contributed by atoms with van der Waals surface area (Å²) in [7, 11) is 0. The van der Waals surface area contributed by atoms with Crippen molar-refractivity contribution in [2.75, 3.05) is 5.43 Å². The molecule has 0 aliphatic rings. The second-order valence-corrected chi connectivity index (χ2v) is 7.05. The zero-order chi connectivity index (χ0) is 21.5. The van der Waals surface area contributed by atoms with Crippen LogP contribution in [0.4, 0.5) is 4.39 Å². The van der Waals surface area contributed by atoms with Gasteiger partial charge in [-0.15, -0.1) is 10.2 Å². The van der Waals surface area contributed by atoms with E-state index in [1.54, 1.807) is 48.7 Å². The molecule has 10 heteroatoms. The van der Waals surface area contributed by atoms with Crippen LogP contribution in [0.25, 0.3) is 27.8 Å². The molecule has 0 aliphatic heterocycles. The van der Waals surface area contributed by atoms with Gasteiger partial charge in [-0.2, -0.15) is 5.10 Å². The SMILES string of the molecule is O=C(Nn1ccc2c(nnc3c(-c4ccc(F)cc4)cnn32)c1=O)c1ccccc1Cl. The highest BCUT2D eigenvalue weighted by molar-refractivity contribution is 6.34. The Morgan fingerprint density at radius 1 is 1.03 bits per heavy atom. The summed E-state index contributed by atoms with van der Waals surface area (Å²) in [5.41, 5.74) is 4.34. The van der Waals surface area contributed by atoms with Crippen molar-refractivity contribution in [3.05, 3.63) is 93.7 Å². The zero-order valence-corrected chi connectivity index (χ0v) is 16.4. The molecular formula is C21H12ClFN6O2. The van der Waals surface area contributed by atoms with Crippen LogP contribution in [-0.4, -0.2) is 30.4 Å². The van der Waals surface area contributed by atoms with Crippen LogP contribution in [-0.2, 0) is 0 Å². The van der Waals surface area contributed by atoms with Crippen LogP contribution in [0.1, 0.15) is 10.4 Å². The molecular weight excluding hydrogens is 423 g/mol. The number of fused-ring (bicyclic) bond motifs is 3. The van der Waals surface area contributed by atoms with E-state index in [1.807, 2.05) is 0 Å². The fourth-order valence-corrected chi connectivity index (χ4v) is 3.45. The van der Waals surface area contributed by atoms with Crippen molar-refractivity contribution in [1.82, 2.24) is 24.5 Å². The first-order valence-corrected chi connectivity index (χ1v) is 9.48. The third-order valence-corrected chi connectivity index (χ3v) is 5.09. The largest absolute Gasteiger partial charge is 0.299 e. The van der Waals surface area contributed by atoms with E-state index in [9.17, 15) is 14.0 Å². The van der Waals surface area contributed by atoms with Gasteiger partial charge < -0.3 is 0 Å². The Labute approximate surface area is 178 Å². The van der Waals surface area contributed by atoms with Crippen molar-refractivity contribution >= 4 is 34.2 Å². The molecule has 31 heavy (non-hydrogen) atoms. The average molecular weight is 435 g/mol. The van der Waals surface area contributed by atoms with Gasteiger partial charge in [-0.3, -0.25) is 15.0 Å². The fourth-order valence-electron chi connectivity index (χ4n) is 3.23. The van der Waals surface area contributed by atoms with Crippen molar-refractivity contribution < 1.29 is 9.18 Å². The molecule has 5 rings (SSSR count). The summed E-state index contributed by atoms with van der Waals surface area (Å²) in [5.74, 6) is -0.894. The molecule has 0 radical (unpaired) electrons. The third kappa shape index (κ3) is 3.21. The number of aromatic nitrogens is 5. The molecule has 1 amide bonds. The van der Waals surface area contributed by atoms with E-state index in [0.29, 0.717) is 22.3 Å². The third-order valence-electron chi connectivity index (χ3n) is 4.76. The molecule has 0 fully saturated rings. The summed E-state index contributed by atoms with van der Waals surface area (Å²) >= 11 is 6.04. The van der Waals surface area contributed by atoms with E-state index in [4.69, 9.17) is 11.6 Å². The van der Waals surface area contributed by atoms with Crippen molar-refractivity contribution in [3.8, 4) is 11.1 Å². The lowest BCUT2D eigenvalue weighted by Crippen LogP contribution is -2.33. The molecule has 3 heterocycles. The molecule has 1 N–H and O–H groups in total. The smallest absolute Gasteiger partial charge is 0.267 e. The molecule has 8 nitrogen and oxygen atoms in total. The summed E-state index contributed by atoms with van der Waals surface area (Å²) < 4.78 is 15.7. The maximum Gasteiger partial charge on any atom is 0.299 e. The molecule has 0 saturated carbocycles. The maximum absolute atomic E-state index is 13.2. The number of carbonyl (C=O) groups excluding carboxylic acids is 1. The Balaban J connectivity index is 1.57. The molecule has 3 aromatic heterocycles. The molecule has 2 aromatic carbocycles. The van der Waals surface area contributed by atoms with Crippen molar-refractivity contribution in [2.24, 2.45) is 0 Å². The Bertz CT molecular complexity index is 1530. The first-order chi connectivity index (χ1) is 15.0. The number of pyridine rings is 1. The van der Waals surface area contributed by atoms with E-state index < -0.39 is 11.5 Å². The highest BCUT2D eigenvalue weighted by Crippen LogP contribution is 2.24. The molecule has 5 aromatic rings. The lowest BCUT2D eigenvalue weighted by Gasteiger charge is -2.10. The van der Waals surface area contributed by atoms with Gasteiger partial charge >= 0.3 is 0 Å². The van der Waals surface area contributed by atoms with Crippen molar-refractivity contribution in [3.63, 3.8) is 0 Å². The molecule has 0 aliphatic carbocycles. The number of nitrogens with one attached hydrogen (secondary N) is 1. The van der Waals surface area contributed by atoms with E-state index in [1.165, 1.54) is 22.8 Å². The summed E-state index contributed by atoms with van der Waals surface area (Å²) in [6.07, 6.45) is 2.97. The number of nitrogens with zero attached hydrogens (tertiary/aromatic N) is 5. The van der Waals surface area contributed by atoms with Gasteiger partial charge in [0.25, 0.3) is 11.5 Å². The highest BCUT2D eigenvalue weighted by atomic mass is 35.5. The van der Waals surface area contributed by atoms with Crippen LogP contribution < -0.4 is 11.0 Å². The average Bonchev–Trinajstić information content (AvgIpc) is 3.21. The minimum absolute atomic E-state index is 0.0169. The van der Waals surface area contributed by atoms with Gasteiger partial charge in [0.2, 0.25) is 0 Å². The normalized spacial score (nSPS) is 11.2. The fraction of sp³-hybridized carbons (Fsp3) is 0. The monoisotopic (exact) mass is 434 g/mol. The van der Waals surface area contributed by atoms with Gasteiger partial charge in [0, 0.05) is 11.8 Å². The molecule has 0 spiro atoms. The lowest BCUT2D eigenvalue weighted by molar-refractivity contribution is 0.101. The number of benzene rings is 2. The van der Waals surface area contributed by atoms with Crippen LogP contribution >= 0.6 is 11.6 Å². The van der Waals surface area contributed by atoms with E-state index in [2.05, 4.69) is 20.7 Å². The summed E-state index contributed by atoms with van der Waals surface area (Å²) in [6.45, 7) is 0. The standard InChI is InChI=1S/C21H12ClFN6O2/c22-16-4-2-1-3-14(16)20(30)27-28-10-9-17-18(21(28)31)25-26-19-15(11-24-29(17)19)12-5-7-13(23)8-6-12/h1-11H,(H,27,30). The molecule has 152 valence electrons.